The van der Waals surface area contributed by atoms with Gasteiger partial charge >= 0.3 is 0 Å². The lowest BCUT2D eigenvalue weighted by Crippen LogP contribution is -2.20. The number of nitrogens with one attached hydrogen (secondary N) is 1. The van der Waals surface area contributed by atoms with Crippen molar-refractivity contribution in [2.24, 2.45) is 0 Å². The fourth-order valence-electron chi connectivity index (χ4n) is 1.38. The van der Waals surface area contributed by atoms with Crippen LogP contribution < -0.4 is 10.1 Å². The maximum Gasteiger partial charge on any atom is 0.256 e. The Kier molecular flexibility index (Phi) is 3.33. The summed E-state index contributed by atoms with van der Waals surface area (Å²) in [6.45, 7) is 0. The second kappa shape index (κ2) is 4.74. The average molecular weight is 238 g/mol. The molecule has 1 heterocycles. The van der Waals surface area contributed by atoms with E-state index in [9.17, 15) is 4.79 Å². The van der Waals surface area contributed by atoms with Crippen LogP contribution in [0.4, 0.5) is 0 Å². The third-order valence-corrected chi connectivity index (χ3v) is 3.12. The molecule has 86 valence electrons. The number of amides is 1. The van der Waals surface area contributed by atoms with Gasteiger partial charge in [-0.25, -0.2) is 0 Å². The minimum atomic E-state index is -0.123. The van der Waals surface area contributed by atoms with Crippen molar-refractivity contribution in [1.29, 1.82) is 0 Å². The highest BCUT2D eigenvalue weighted by molar-refractivity contribution is 7.98. The maximum absolute atomic E-state index is 11.8. The van der Waals surface area contributed by atoms with E-state index in [1.165, 1.54) is 11.8 Å². The summed E-state index contributed by atoms with van der Waals surface area (Å²) >= 11 is 1.50. The van der Waals surface area contributed by atoms with Gasteiger partial charge in [-0.05, 0) is 19.1 Å². The van der Waals surface area contributed by atoms with Gasteiger partial charge in [-0.2, -0.15) is 0 Å². The monoisotopic (exact) mass is 238 g/mol. The first kappa shape index (κ1) is 11.3. The molecule has 1 amide bonds. The molecule has 1 aromatic heterocycles. The standard InChI is InChI=1S/C11H14N2O2S/c1-12-11(14)10-8(15-7-3-4-7)5-13-6-9(10)16-2/h5-7H,3-4H2,1-2H3,(H,12,14). The molecule has 0 bridgehead atoms. The lowest BCUT2D eigenvalue weighted by atomic mass is 10.2. The molecule has 2 rings (SSSR count). The minimum Gasteiger partial charge on any atom is -0.488 e. The molecule has 0 saturated heterocycles. The van der Waals surface area contributed by atoms with E-state index in [1.54, 1.807) is 19.4 Å². The largest absolute Gasteiger partial charge is 0.488 e. The molecule has 0 unspecified atom stereocenters. The zero-order valence-electron chi connectivity index (χ0n) is 9.32. The van der Waals surface area contributed by atoms with E-state index in [0.29, 0.717) is 11.3 Å². The van der Waals surface area contributed by atoms with E-state index in [1.807, 2.05) is 6.26 Å². The van der Waals surface area contributed by atoms with E-state index >= 15 is 0 Å². The Hall–Kier alpha value is -1.23. The van der Waals surface area contributed by atoms with E-state index in [4.69, 9.17) is 4.74 Å². The number of hydrogen-bond donors (Lipinski definition) is 1. The van der Waals surface area contributed by atoms with Crippen molar-refractivity contribution in [2.45, 2.75) is 23.8 Å². The van der Waals surface area contributed by atoms with Gasteiger partial charge in [0.25, 0.3) is 5.91 Å². The van der Waals surface area contributed by atoms with Gasteiger partial charge in [-0.1, -0.05) is 0 Å². The Labute approximate surface area is 98.8 Å². The van der Waals surface area contributed by atoms with Crippen LogP contribution in [0, 0.1) is 0 Å². The van der Waals surface area contributed by atoms with Gasteiger partial charge in [-0.3, -0.25) is 9.78 Å². The van der Waals surface area contributed by atoms with Crippen LogP contribution in [-0.2, 0) is 0 Å². The SMILES string of the molecule is CNC(=O)c1c(OC2CC2)cncc1SC. The number of carbonyl (C=O) groups is 1. The number of rotatable bonds is 4. The second-order valence-electron chi connectivity index (χ2n) is 3.61. The number of pyridine rings is 1. The van der Waals surface area contributed by atoms with Gasteiger partial charge in [0.05, 0.1) is 17.9 Å². The number of carbonyl (C=O) groups excluding carboxylic acids is 1. The quantitative estimate of drug-likeness (QED) is 0.811. The number of hydrogen-bond acceptors (Lipinski definition) is 4. The summed E-state index contributed by atoms with van der Waals surface area (Å²) in [5.74, 6) is 0.469. The van der Waals surface area contributed by atoms with Crippen molar-refractivity contribution >= 4 is 17.7 Å². The maximum atomic E-state index is 11.8. The van der Waals surface area contributed by atoms with Gasteiger partial charge in [0.2, 0.25) is 0 Å². The van der Waals surface area contributed by atoms with Crippen LogP contribution in [0.3, 0.4) is 0 Å². The van der Waals surface area contributed by atoms with Gasteiger partial charge < -0.3 is 10.1 Å². The summed E-state index contributed by atoms with van der Waals surface area (Å²) in [6.07, 6.45) is 7.62. The van der Waals surface area contributed by atoms with Crippen LogP contribution in [0.5, 0.6) is 5.75 Å². The lowest BCUT2D eigenvalue weighted by molar-refractivity contribution is 0.0955. The zero-order chi connectivity index (χ0) is 11.5. The molecule has 1 aliphatic carbocycles. The summed E-state index contributed by atoms with van der Waals surface area (Å²) in [5, 5.41) is 2.63. The highest BCUT2D eigenvalue weighted by Gasteiger charge is 2.26. The van der Waals surface area contributed by atoms with Crippen molar-refractivity contribution in [3.63, 3.8) is 0 Å². The molecule has 0 radical (unpaired) electrons. The van der Waals surface area contributed by atoms with Crippen LogP contribution >= 0.6 is 11.8 Å². The Morgan fingerprint density at radius 3 is 2.88 bits per heavy atom. The van der Waals surface area contributed by atoms with E-state index in [-0.39, 0.29) is 12.0 Å². The van der Waals surface area contributed by atoms with Gasteiger partial charge in [0, 0.05) is 18.1 Å². The Bertz CT molecular complexity index is 405. The highest BCUT2D eigenvalue weighted by atomic mass is 32.2. The van der Waals surface area contributed by atoms with Gasteiger partial charge in [0.1, 0.15) is 0 Å². The summed E-state index contributed by atoms with van der Waals surface area (Å²) in [6, 6.07) is 0. The molecule has 16 heavy (non-hydrogen) atoms. The number of ether oxygens (including phenoxy) is 1. The zero-order valence-corrected chi connectivity index (χ0v) is 10.1. The molecule has 1 aromatic rings. The molecule has 1 fully saturated rings. The van der Waals surface area contributed by atoms with E-state index in [0.717, 1.165) is 17.7 Å². The number of aromatic nitrogens is 1. The molecular weight excluding hydrogens is 224 g/mol. The predicted molar refractivity (Wildman–Crippen MR) is 63.1 cm³/mol. The summed E-state index contributed by atoms with van der Waals surface area (Å²) in [7, 11) is 1.62. The molecule has 1 saturated carbocycles. The molecule has 0 aromatic carbocycles. The lowest BCUT2D eigenvalue weighted by Gasteiger charge is -2.12. The van der Waals surface area contributed by atoms with Crippen molar-refractivity contribution in [2.75, 3.05) is 13.3 Å². The third-order valence-electron chi connectivity index (χ3n) is 2.37. The first-order valence-electron chi connectivity index (χ1n) is 5.17. The fraction of sp³-hybridized carbons (Fsp3) is 0.455. The molecule has 5 heteroatoms. The van der Waals surface area contributed by atoms with E-state index < -0.39 is 0 Å². The third kappa shape index (κ3) is 2.29. The minimum absolute atomic E-state index is 0.123. The van der Waals surface area contributed by atoms with Crippen molar-refractivity contribution in [3.8, 4) is 5.75 Å². The van der Waals surface area contributed by atoms with Crippen molar-refractivity contribution in [1.82, 2.24) is 10.3 Å². The second-order valence-corrected chi connectivity index (χ2v) is 4.46. The molecule has 0 spiro atoms. The van der Waals surface area contributed by atoms with Crippen molar-refractivity contribution < 1.29 is 9.53 Å². The Morgan fingerprint density at radius 1 is 1.56 bits per heavy atom. The Morgan fingerprint density at radius 2 is 2.31 bits per heavy atom. The predicted octanol–water partition coefficient (Wildman–Crippen LogP) is 1.70. The molecule has 1 aliphatic rings. The molecule has 1 N–H and O–H groups in total. The highest BCUT2D eigenvalue weighted by Crippen LogP contribution is 2.32. The van der Waals surface area contributed by atoms with E-state index in [2.05, 4.69) is 10.3 Å². The summed E-state index contributed by atoms with van der Waals surface area (Å²) < 4.78 is 5.69. The smallest absolute Gasteiger partial charge is 0.256 e. The molecular formula is C11H14N2O2S. The molecule has 0 atom stereocenters. The topological polar surface area (TPSA) is 51.2 Å². The average Bonchev–Trinajstić information content (AvgIpc) is 3.11. The van der Waals surface area contributed by atoms with Crippen LogP contribution in [-0.4, -0.2) is 30.3 Å². The van der Waals surface area contributed by atoms with Crippen molar-refractivity contribution in [3.05, 3.63) is 18.0 Å². The van der Waals surface area contributed by atoms with Crippen LogP contribution in [0.15, 0.2) is 17.3 Å². The number of thioether (sulfide) groups is 1. The molecule has 0 aliphatic heterocycles. The fourth-order valence-corrected chi connectivity index (χ4v) is 1.95. The van der Waals surface area contributed by atoms with Crippen LogP contribution in [0.25, 0.3) is 0 Å². The summed E-state index contributed by atoms with van der Waals surface area (Å²) in [5.41, 5.74) is 0.594. The van der Waals surface area contributed by atoms with Crippen LogP contribution in [0.2, 0.25) is 0 Å². The molecule has 4 nitrogen and oxygen atoms in total. The van der Waals surface area contributed by atoms with Gasteiger partial charge in [0.15, 0.2) is 5.75 Å². The van der Waals surface area contributed by atoms with Gasteiger partial charge in [-0.15, -0.1) is 11.8 Å². The number of nitrogens with zero attached hydrogens (tertiary/aromatic N) is 1. The first-order chi connectivity index (χ1) is 7.76. The van der Waals surface area contributed by atoms with Crippen LogP contribution in [0.1, 0.15) is 23.2 Å². The normalized spacial score (nSPS) is 14.6. The first-order valence-corrected chi connectivity index (χ1v) is 6.39. The Balaban J connectivity index is 2.36. The summed E-state index contributed by atoms with van der Waals surface area (Å²) in [4.78, 5) is 16.7.